The normalized spacial score (nSPS) is 36.3. The minimum atomic E-state index is -0.351. The quantitative estimate of drug-likeness (QED) is 0.517. The highest BCUT2D eigenvalue weighted by atomic mass is 31.0. The number of aliphatic hydroxyl groups is 2. The molecular weight excluding hydrogens is 149 g/mol. The van der Waals surface area contributed by atoms with Crippen LogP contribution in [0, 0.1) is 0 Å². The Morgan fingerprint density at radius 3 is 2.70 bits per heavy atom. The summed E-state index contributed by atoms with van der Waals surface area (Å²) in [7, 11) is 2.53. The fourth-order valence-electron chi connectivity index (χ4n) is 1.29. The molecule has 1 saturated heterocycles. The third kappa shape index (κ3) is 1.67. The molecule has 0 aromatic rings. The minimum Gasteiger partial charge on any atom is -0.395 e. The summed E-state index contributed by atoms with van der Waals surface area (Å²) in [4.78, 5) is 0. The molecule has 0 aromatic heterocycles. The molecule has 1 aliphatic rings. The highest BCUT2D eigenvalue weighted by Gasteiger charge is 2.26. The number of hydrogen-bond donors (Lipinski definition) is 2. The molecule has 3 nitrogen and oxygen atoms in total. The van der Waals surface area contributed by atoms with Crippen LogP contribution >= 0.6 is 9.39 Å². The summed E-state index contributed by atoms with van der Waals surface area (Å²) in [6.07, 6.45) is 1.48. The van der Waals surface area contributed by atoms with E-state index in [4.69, 9.17) is 5.11 Å². The van der Waals surface area contributed by atoms with E-state index in [-0.39, 0.29) is 18.8 Å². The van der Waals surface area contributed by atoms with Gasteiger partial charge in [0.2, 0.25) is 0 Å². The van der Waals surface area contributed by atoms with E-state index in [9.17, 15) is 5.11 Å². The molecule has 0 saturated carbocycles. The molecule has 10 heavy (non-hydrogen) atoms. The van der Waals surface area contributed by atoms with Crippen molar-refractivity contribution in [3.05, 3.63) is 0 Å². The fourth-order valence-corrected chi connectivity index (χ4v) is 1.76. The van der Waals surface area contributed by atoms with Gasteiger partial charge in [-0.15, -0.1) is 0 Å². The molecule has 0 bridgehead atoms. The second-order valence-electron chi connectivity index (χ2n) is 2.70. The summed E-state index contributed by atoms with van der Waals surface area (Å²) in [6, 6.07) is -0.0706. The number of aliphatic hydroxyl groups excluding tert-OH is 2. The van der Waals surface area contributed by atoms with Crippen molar-refractivity contribution in [3.63, 3.8) is 0 Å². The summed E-state index contributed by atoms with van der Waals surface area (Å²) in [5.41, 5.74) is 0. The van der Waals surface area contributed by atoms with Crippen molar-refractivity contribution in [2.45, 2.75) is 25.0 Å². The van der Waals surface area contributed by atoms with Crippen LogP contribution in [-0.2, 0) is 0 Å². The zero-order valence-electron chi connectivity index (χ0n) is 5.90. The smallest absolute Gasteiger partial charge is 0.0721 e. The van der Waals surface area contributed by atoms with E-state index in [2.05, 4.69) is 9.39 Å². The molecule has 60 valence electrons. The highest BCUT2D eigenvalue weighted by Crippen LogP contribution is 2.20. The Bertz CT molecular complexity index is 102. The van der Waals surface area contributed by atoms with Crippen LogP contribution in [0.15, 0.2) is 0 Å². The van der Waals surface area contributed by atoms with Crippen LogP contribution in [0.5, 0.6) is 0 Å². The lowest BCUT2D eigenvalue weighted by molar-refractivity contribution is 0.0266. The Balaban J connectivity index is 2.45. The molecule has 1 unspecified atom stereocenters. The summed E-state index contributed by atoms with van der Waals surface area (Å²) < 4.78 is 1.92. The van der Waals surface area contributed by atoms with Gasteiger partial charge in [-0.1, -0.05) is 9.39 Å². The summed E-state index contributed by atoms with van der Waals surface area (Å²) in [6.45, 7) is 0.998. The van der Waals surface area contributed by atoms with Crippen molar-refractivity contribution in [2.75, 3.05) is 13.2 Å². The Morgan fingerprint density at radius 1 is 1.60 bits per heavy atom. The average molecular weight is 163 g/mol. The van der Waals surface area contributed by atoms with E-state index in [1.807, 2.05) is 4.67 Å². The van der Waals surface area contributed by atoms with Crippen LogP contribution in [-0.4, -0.2) is 40.2 Å². The largest absolute Gasteiger partial charge is 0.395 e. The molecule has 0 aliphatic carbocycles. The van der Waals surface area contributed by atoms with E-state index >= 15 is 0 Å². The van der Waals surface area contributed by atoms with Crippen LogP contribution in [0.4, 0.5) is 0 Å². The molecular formula is C6H14NO2P. The lowest BCUT2D eigenvalue weighted by Crippen LogP contribution is -2.45. The third-order valence-corrected chi connectivity index (χ3v) is 2.61. The lowest BCUT2D eigenvalue weighted by atomic mass is 10.0. The van der Waals surface area contributed by atoms with Crippen molar-refractivity contribution in [1.29, 1.82) is 0 Å². The van der Waals surface area contributed by atoms with Crippen molar-refractivity contribution >= 4 is 9.39 Å². The Hall–Kier alpha value is 0.310. The maximum atomic E-state index is 9.32. The Labute approximate surface area is 63.3 Å². The number of rotatable bonds is 1. The zero-order valence-corrected chi connectivity index (χ0v) is 7.06. The number of nitrogens with zero attached hydrogens (tertiary/aromatic N) is 1. The van der Waals surface area contributed by atoms with Gasteiger partial charge in [0.15, 0.2) is 0 Å². The fraction of sp³-hybridized carbons (Fsp3) is 1.00. The van der Waals surface area contributed by atoms with Crippen LogP contribution in [0.1, 0.15) is 12.8 Å². The predicted octanol–water partition coefficient (Wildman–Crippen LogP) is -0.406. The van der Waals surface area contributed by atoms with E-state index in [1.165, 1.54) is 0 Å². The van der Waals surface area contributed by atoms with E-state index in [0.29, 0.717) is 0 Å². The molecule has 1 rings (SSSR count). The zero-order chi connectivity index (χ0) is 7.56. The predicted molar refractivity (Wildman–Crippen MR) is 42.5 cm³/mol. The highest BCUT2D eigenvalue weighted by molar-refractivity contribution is 7.13. The molecule has 3 atom stereocenters. The van der Waals surface area contributed by atoms with Crippen LogP contribution < -0.4 is 0 Å². The summed E-state index contributed by atoms with van der Waals surface area (Å²) >= 11 is 0. The third-order valence-electron chi connectivity index (χ3n) is 1.97. The Kier molecular flexibility index (Phi) is 3.05. The number of piperidine rings is 1. The molecule has 1 heterocycles. The topological polar surface area (TPSA) is 43.7 Å². The first kappa shape index (κ1) is 8.41. The first-order valence-corrected chi connectivity index (χ1v) is 4.07. The second-order valence-corrected chi connectivity index (χ2v) is 3.36. The average Bonchev–Trinajstić information content (AvgIpc) is 1.88. The van der Waals surface area contributed by atoms with Crippen molar-refractivity contribution < 1.29 is 10.2 Å². The maximum Gasteiger partial charge on any atom is 0.0721 e. The maximum absolute atomic E-state index is 9.32. The van der Waals surface area contributed by atoms with Gasteiger partial charge in [0, 0.05) is 6.54 Å². The molecule has 0 radical (unpaired) electrons. The van der Waals surface area contributed by atoms with E-state index in [0.717, 1.165) is 19.4 Å². The van der Waals surface area contributed by atoms with E-state index in [1.54, 1.807) is 0 Å². The van der Waals surface area contributed by atoms with Crippen LogP contribution in [0.25, 0.3) is 0 Å². The lowest BCUT2D eigenvalue weighted by Gasteiger charge is -2.34. The van der Waals surface area contributed by atoms with Crippen molar-refractivity contribution in [2.24, 2.45) is 0 Å². The molecule has 0 aromatic carbocycles. The monoisotopic (exact) mass is 163 g/mol. The van der Waals surface area contributed by atoms with E-state index < -0.39 is 0 Å². The van der Waals surface area contributed by atoms with Crippen molar-refractivity contribution in [3.8, 4) is 0 Å². The van der Waals surface area contributed by atoms with Crippen LogP contribution in [0.2, 0.25) is 0 Å². The number of hydrogen-bond acceptors (Lipinski definition) is 3. The molecule has 4 heteroatoms. The van der Waals surface area contributed by atoms with Crippen molar-refractivity contribution in [1.82, 2.24) is 4.67 Å². The van der Waals surface area contributed by atoms with Crippen LogP contribution in [0.3, 0.4) is 0 Å². The molecule has 1 fully saturated rings. The Morgan fingerprint density at radius 2 is 2.30 bits per heavy atom. The van der Waals surface area contributed by atoms with Gasteiger partial charge in [-0.3, -0.25) is 4.67 Å². The SMILES string of the molecule is OC[C@@H]1[C@@H](O)CCCN1P. The molecule has 0 spiro atoms. The second kappa shape index (κ2) is 3.63. The first-order valence-electron chi connectivity index (χ1n) is 3.56. The molecule has 1 aliphatic heterocycles. The standard InChI is InChI=1S/C6H14NO2P/c8-4-5-6(9)2-1-3-7(5)10/h5-6,8-9H,1-4,10H2/t5-,6+/m1/s1. The van der Waals surface area contributed by atoms with Gasteiger partial charge in [0.1, 0.15) is 0 Å². The van der Waals surface area contributed by atoms with Gasteiger partial charge in [0.05, 0.1) is 18.8 Å². The summed E-state index contributed by atoms with van der Waals surface area (Å²) in [5.74, 6) is 0. The first-order chi connectivity index (χ1) is 4.75. The minimum absolute atomic E-state index is 0.0463. The van der Waals surface area contributed by atoms with Gasteiger partial charge in [0.25, 0.3) is 0 Å². The molecule has 0 amide bonds. The van der Waals surface area contributed by atoms with Gasteiger partial charge in [-0.25, -0.2) is 0 Å². The van der Waals surface area contributed by atoms with Gasteiger partial charge < -0.3 is 10.2 Å². The van der Waals surface area contributed by atoms with Gasteiger partial charge in [-0.05, 0) is 12.8 Å². The van der Waals surface area contributed by atoms with Gasteiger partial charge in [-0.2, -0.15) is 0 Å². The van der Waals surface area contributed by atoms with Gasteiger partial charge >= 0.3 is 0 Å². The molecule has 2 N–H and O–H groups in total. The summed E-state index contributed by atoms with van der Waals surface area (Å²) in [5, 5.41) is 18.1.